The van der Waals surface area contributed by atoms with Crippen molar-refractivity contribution in [2.75, 3.05) is 24.2 Å². The minimum atomic E-state index is -3.48. The molecule has 0 fully saturated rings. The van der Waals surface area contributed by atoms with Crippen LogP contribution >= 0.6 is 11.8 Å². The number of hydrogen-bond acceptors (Lipinski definition) is 4. The van der Waals surface area contributed by atoms with Crippen LogP contribution < -0.4 is 5.32 Å². The van der Waals surface area contributed by atoms with Gasteiger partial charge in [-0.1, -0.05) is 44.2 Å². The van der Waals surface area contributed by atoms with Crippen LogP contribution in [-0.4, -0.2) is 37.5 Å². The van der Waals surface area contributed by atoms with Crippen LogP contribution in [0.15, 0.2) is 59.5 Å². The molecule has 1 N–H and O–H groups in total. The van der Waals surface area contributed by atoms with Crippen molar-refractivity contribution in [1.82, 2.24) is 4.31 Å². The van der Waals surface area contributed by atoms with Gasteiger partial charge in [-0.15, -0.1) is 11.8 Å². The summed E-state index contributed by atoms with van der Waals surface area (Å²) < 4.78 is 26.4. The standard InChI is InChI=1S/C20H26N2O3S2/c1-4-22(5-2)27(24,25)19-13-11-18(12-14-19)21-20(23)15-26-16(3)17-9-7-6-8-10-17/h6-14,16H,4-5,15H2,1-3H3,(H,21,23)/t16-/m1/s1. The summed E-state index contributed by atoms with van der Waals surface area (Å²) in [6.07, 6.45) is 0. The molecule has 1 atom stereocenters. The first-order chi connectivity index (χ1) is 12.9. The number of benzene rings is 2. The number of nitrogens with zero attached hydrogens (tertiary/aromatic N) is 1. The van der Waals surface area contributed by atoms with Crippen molar-refractivity contribution in [3.8, 4) is 0 Å². The molecule has 2 aromatic rings. The monoisotopic (exact) mass is 406 g/mol. The van der Waals surface area contributed by atoms with Gasteiger partial charge in [0.2, 0.25) is 15.9 Å². The van der Waals surface area contributed by atoms with Crippen LogP contribution in [0.5, 0.6) is 0 Å². The molecule has 0 aliphatic carbocycles. The van der Waals surface area contributed by atoms with Crippen molar-refractivity contribution >= 4 is 33.4 Å². The van der Waals surface area contributed by atoms with Crippen molar-refractivity contribution in [2.24, 2.45) is 0 Å². The molecule has 27 heavy (non-hydrogen) atoms. The smallest absolute Gasteiger partial charge is 0.243 e. The summed E-state index contributed by atoms with van der Waals surface area (Å²) >= 11 is 1.56. The molecule has 0 unspecified atom stereocenters. The van der Waals surface area contributed by atoms with Crippen LogP contribution in [0.25, 0.3) is 0 Å². The van der Waals surface area contributed by atoms with E-state index in [-0.39, 0.29) is 16.1 Å². The predicted molar refractivity (Wildman–Crippen MR) is 112 cm³/mol. The lowest BCUT2D eigenvalue weighted by molar-refractivity contribution is -0.113. The van der Waals surface area contributed by atoms with Gasteiger partial charge in [0.25, 0.3) is 0 Å². The first-order valence-electron chi connectivity index (χ1n) is 8.95. The lowest BCUT2D eigenvalue weighted by atomic mass is 10.2. The van der Waals surface area contributed by atoms with Gasteiger partial charge in [-0.05, 0) is 36.8 Å². The van der Waals surface area contributed by atoms with E-state index in [9.17, 15) is 13.2 Å². The minimum Gasteiger partial charge on any atom is -0.325 e. The highest BCUT2D eigenvalue weighted by Gasteiger charge is 2.21. The second-order valence-corrected chi connectivity index (χ2v) is 9.29. The second-order valence-electron chi connectivity index (χ2n) is 6.03. The fourth-order valence-corrected chi connectivity index (χ4v) is 4.92. The summed E-state index contributed by atoms with van der Waals surface area (Å²) in [4.78, 5) is 12.4. The molecule has 5 nitrogen and oxygen atoms in total. The summed E-state index contributed by atoms with van der Waals surface area (Å²) in [7, 11) is -3.48. The molecule has 0 aromatic heterocycles. The zero-order valence-electron chi connectivity index (χ0n) is 15.9. The highest BCUT2D eigenvalue weighted by atomic mass is 32.2. The molecule has 7 heteroatoms. The number of carbonyl (C=O) groups is 1. The second kappa shape index (κ2) is 9.92. The Labute approximate surface area is 166 Å². The molecule has 0 radical (unpaired) electrons. The highest BCUT2D eigenvalue weighted by Crippen LogP contribution is 2.27. The fraction of sp³-hybridized carbons (Fsp3) is 0.350. The molecule has 0 aliphatic heterocycles. The van der Waals surface area contributed by atoms with E-state index in [2.05, 4.69) is 12.2 Å². The predicted octanol–water partition coefficient (Wildman–Crippen LogP) is 4.15. The molecule has 2 aromatic carbocycles. The fourth-order valence-electron chi connectivity index (χ4n) is 2.64. The van der Waals surface area contributed by atoms with Crippen LogP contribution in [0, 0.1) is 0 Å². The first-order valence-corrected chi connectivity index (χ1v) is 11.4. The average molecular weight is 407 g/mol. The Balaban J connectivity index is 1.93. The molecular formula is C20H26N2O3S2. The molecule has 1 amide bonds. The lowest BCUT2D eigenvalue weighted by Crippen LogP contribution is -2.30. The maximum Gasteiger partial charge on any atom is 0.243 e. The summed E-state index contributed by atoms with van der Waals surface area (Å²) in [5, 5.41) is 3.04. The van der Waals surface area contributed by atoms with Gasteiger partial charge in [0.15, 0.2) is 0 Å². The topological polar surface area (TPSA) is 66.5 Å². The quantitative estimate of drug-likeness (QED) is 0.679. The van der Waals surface area contributed by atoms with Gasteiger partial charge < -0.3 is 5.32 Å². The van der Waals surface area contributed by atoms with Crippen LogP contribution in [0.1, 0.15) is 31.6 Å². The molecular weight excluding hydrogens is 380 g/mol. The maximum atomic E-state index is 12.5. The number of amides is 1. The third-order valence-corrected chi connectivity index (χ3v) is 7.48. The minimum absolute atomic E-state index is 0.109. The molecule has 146 valence electrons. The van der Waals surface area contributed by atoms with Crippen LogP contribution in [0.4, 0.5) is 5.69 Å². The van der Waals surface area contributed by atoms with Crippen molar-refractivity contribution in [2.45, 2.75) is 30.9 Å². The Kier molecular flexibility index (Phi) is 7.89. The molecule has 2 rings (SSSR count). The van der Waals surface area contributed by atoms with E-state index in [1.165, 1.54) is 22.0 Å². The van der Waals surface area contributed by atoms with Gasteiger partial charge in [-0.2, -0.15) is 4.31 Å². The number of thioether (sulfide) groups is 1. The Morgan fingerprint density at radius 1 is 1.04 bits per heavy atom. The Bertz CT molecular complexity index is 833. The summed E-state index contributed by atoms with van der Waals surface area (Å²) in [5.41, 5.74) is 1.77. The zero-order chi connectivity index (χ0) is 19.9. The van der Waals surface area contributed by atoms with E-state index < -0.39 is 10.0 Å². The van der Waals surface area contributed by atoms with Crippen LogP contribution in [0.2, 0.25) is 0 Å². The van der Waals surface area contributed by atoms with Gasteiger partial charge in [-0.3, -0.25) is 4.79 Å². The highest BCUT2D eigenvalue weighted by molar-refractivity contribution is 8.00. The normalized spacial score (nSPS) is 12.7. The SMILES string of the molecule is CCN(CC)S(=O)(=O)c1ccc(NC(=O)CS[C@H](C)c2ccccc2)cc1. The summed E-state index contributed by atoms with van der Waals surface area (Å²) in [6, 6.07) is 16.3. The third kappa shape index (κ3) is 5.82. The number of anilines is 1. The largest absolute Gasteiger partial charge is 0.325 e. The molecule has 0 saturated heterocycles. The molecule has 0 saturated carbocycles. The van der Waals surface area contributed by atoms with Crippen LogP contribution in [0.3, 0.4) is 0 Å². The van der Waals surface area contributed by atoms with E-state index in [1.54, 1.807) is 23.9 Å². The van der Waals surface area contributed by atoms with Crippen LogP contribution in [-0.2, 0) is 14.8 Å². The molecule has 0 aliphatic rings. The van der Waals surface area contributed by atoms with Gasteiger partial charge in [0.1, 0.15) is 0 Å². The first kappa shape index (κ1) is 21.5. The maximum absolute atomic E-state index is 12.5. The molecule has 0 bridgehead atoms. The molecule has 0 heterocycles. The van der Waals surface area contributed by atoms with Crippen molar-refractivity contribution < 1.29 is 13.2 Å². The Morgan fingerprint density at radius 3 is 2.19 bits per heavy atom. The van der Waals surface area contributed by atoms with Gasteiger partial charge in [0.05, 0.1) is 10.6 Å². The van der Waals surface area contributed by atoms with E-state index >= 15 is 0 Å². The van der Waals surface area contributed by atoms with Crippen molar-refractivity contribution in [3.63, 3.8) is 0 Å². The Morgan fingerprint density at radius 2 is 1.63 bits per heavy atom. The van der Waals surface area contributed by atoms with Gasteiger partial charge in [-0.25, -0.2) is 8.42 Å². The lowest BCUT2D eigenvalue weighted by Gasteiger charge is -2.18. The number of sulfonamides is 1. The Hall–Kier alpha value is -1.83. The van der Waals surface area contributed by atoms with Gasteiger partial charge in [0, 0.05) is 24.0 Å². The summed E-state index contributed by atoms with van der Waals surface area (Å²) in [6.45, 7) is 6.54. The number of carbonyl (C=O) groups excluding carboxylic acids is 1. The third-order valence-electron chi connectivity index (χ3n) is 4.21. The van der Waals surface area contributed by atoms with E-state index in [1.807, 2.05) is 44.2 Å². The average Bonchev–Trinajstić information content (AvgIpc) is 2.68. The molecule has 0 spiro atoms. The number of hydrogen-bond donors (Lipinski definition) is 1. The number of nitrogens with one attached hydrogen (secondary N) is 1. The van der Waals surface area contributed by atoms with Crippen molar-refractivity contribution in [1.29, 1.82) is 0 Å². The van der Waals surface area contributed by atoms with Crippen molar-refractivity contribution in [3.05, 3.63) is 60.2 Å². The summed E-state index contributed by atoms with van der Waals surface area (Å²) in [5.74, 6) is 0.220. The van der Waals surface area contributed by atoms with Gasteiger partial charge >= 0.3 is 0 Å². The number of rotatable bonds is 9. The van der Waals surface area contributed by atoms with E-state index in [4.69, 9.17) is 0 Å². The van der Waals surface area contributed by atoms with E-state index in [0.717, 1.165) is 0 Å². The zero-order valence-corrected chi connectivity index (χ0v) is 17.5. The van der Waals surface area contributed by atoms with E-state index in [0.29, 0.717) is 24.5 Å².